The highest BCUT2D eigenvalue weighted by Gasteiger charge is 2.22. The molecule has 0 radical (unpaired) electrons. The number of amides is 1. The number of nitrogens with zero attached hydrogens (tertiary/aromatic N) is 1. The third kappa shape index (κ3) is 6.34. The van der Waals surface area contributed by atoms with Crippen molar-refractivity contribution < 1.29 is 19.0 Å². The van der Waals surface area contributed by atoms with E-state index in [2.05, 4.69) is 16.8 Å². The van der Waals surface area contributed by atoms with E-state index in [1.807, 2.05) is 29.2 Å². The van der Waals surface area contributed by atoms with Gasteiger partial charge >= 0.3 is 0 Å². The minimum Gasteiger partial charge on any atom is -0.493 e. The van der Waals surface area contributed by atoms with Crippen LogP contribution in [0.2, 0.25) is 0 Å². The average molecular weight is 390 g/mol. The van der Waals surface area contributed by atoms with Crippen molar-refractivity contribution in [3.63, 3.8) is 0 Å². The van der Waals surface area contributed by atoms with Crippen molar-refractivity contribution in [2.45, 2.75) is 31.9 Å². The van der Waals surface area contributed by atoms with Gasteiger partial charge in [0, 0.05) is 33.2 Å². The first-order valence-corrected chi connectivity index (χ1v) is 10.3. The van der Waals surface area contributed by atoms with Gasteiger partial charge in [0.25, 0.3) is 0 Å². The molecule has 0 saturated carbocycles. The normalized spacial score (nSPS) is 16.4. The summed E-state index contributed by atoms with van der Waals surface area (Å²) in [5.41, 5.74) is 2.34. The zero-order chi connectivity index (χ0) is 18.9. The van der Waals surface area contributed by atoms with Gasteiger partial charge in [-0.15, -0.1) is 0 Å². The van der Waals surface area contributed by atoms with Gasteiger partial charge in [0.15, 0.2) is 0 Å². The zero-order valence-corrected chi connectivity index (χ0v) is 16.6. The molecule has 1 aromatic carbocycles. The minimum atomic E-state index is -0.0169. The Bertz CT molecular complexity index is 698. The molecule has 1 saturated heterocycles. The second-order valence-corrected chi connectivity index (χ2v) is 7.50. The van der Waals surface area contributed by atoms with Crippen LogP contribution in [0.3, 0.4) is 0 Å². The standard InChI is InChI=1S/C21H27NO4S/c1-24-15-21(23)22(14-20-6-3-9-25-20)13-18-4-2-5-19(12-18)26-10-7-17-8-11-27-16-17/h2,4-5,8,11-12,16,20H,3,6-7,9-10,13-15H2,1H3. The van der Waals surface area contributed by atoms with Crippen molar-refractivity contribution >= 4 is 17.2 Å². The SMILES string of the molecule is COCC(=O)N(Cc1cccc(OCCc2ccsc2)c1)CC1CCCO1. The number of hydrogen-bond acceptors (Lipinski definition) is 5. The molecule has 2 heterocycles. The van der Waals surface area contributed by atoms with Crippen LogP contribution in [0.15, 0.2) is 41.1 Å². The molecule has 1 unspecified atom stereocenters. The largest absolute Gasteiger partial charge is 0.493 e. The van der Waals surface area contributed by atoms with E-state index in [9.17, 15) is 4.79 Å². The first-order chi connectivity index (χ1) is 13.2. The molecule has 5 nitrogen and oxygen atoms in total. The van der Waals surface area contributed by atoms with Gasteiger partial charge in [-0.1, -0.05) is 12.1 Å². The van der Waals surface area contributed by atoms with Crippen LogP contribution in [-0.4, -0.2) is 50.4 Å². The van der Waals surface area contributed by atoms with E-state index >= 15 is 0 Å². The maximum Gasteiger partial charge on any atom is 0.248 e. The summed E-state index contributed by atoms with van der Waals surface area (Å²) in [6.45, 7) is 2.64. The lowest BCUT2D eigenvalue weighted by atomic mass is 10.1. The van der Waals surface area contributed by atoms with Crippen LogP contribution < -0.4 is 4.74 Å². The minimum absolute atomic E-state index is 0.0169. The van der Waals surface area contributed by atoms with E-state index in [0.717, 1.165) is 37.2 Å². The Morgan fingerprint density at radius 1 is 1.33 bits per heavy atom. The van der Waals surface area contributed by atoms with E-state index in [1.54, 1.807) is 18.4 Å². The molecule has 2 aromatic rings. The average Bonchev–Trinajstić information content (AvgIpc) is 3.36. The van der Waals surface area contributed by atoms with E-state index in [1.165, 1.54) is 5.56 Å². The summed E-state index contributed by atoms with van der Waals surface area (Å²) in [5.74, 6) is 0.816. The predicted molar refractivity (Wildman–Crippen MR) is 106 cm³/mol. The molecule has 27 heavy (non-hydrogen) atoms. The van der Waals surface area contributed by atoms with Crippen LogP contribution in [-0.2, 0) is 27.2 Å². The molecule has 146 valence electrons. The second-order valence-electron chi connectivity index (χ2n) is 6.72. The van der Waals surface area contributed by atoms with Gasteiger partial charge in [0.2, 0.25) is 5.91 Å². The number of benzene rings is 1. The van der Waals surface area contributed by atoms with Gasteiger partial charge in [-0.3, -0.25) is 4.79 Å². The second kappa shape index (κ2) is 10.4. The Kier molecular flexibility index (Phi) is 7.68. The number of rotatable bonds is 10. The summed E-state index contributed by atoms with van der Waals surface area (Å²) in [5, 5.41) is 4.22. The smallest absolute Gasteiger partial charge is 0.248 e. The first-order valence-electron chi connectivity index (χ1n) is 9.35. The van der Waals surface area contributed by atoms with Crippen molar-refractivity contribution in [3.8, 4) is 5.75 Å². The van der Waals surface area contributed by atoms with Crippen LogP contribution in [0, 0.1) is 0 Å². The van der Waals surface area contributed by atoms with Crippen LogP contribution in [0.4, 0.5) is 0 Å². The summed E-state index contributed by atoms with van der Waals surface area (Å²) in [7, 11) is 1.55. The van der Waals surface area contributed by atoms with Crippen molar-refractivity contribution in [1.29, 1.82) is 0 Å². The van der Waals surface area contributed by atoms with Gasteiger partial charge < -0.3 is 19.1 Å². The molecule has 1 aliphatic heterocycles. The summed E-state index contributed by atoms with van der Waals surface area (Å²) in [4.78, 5) is 14.3. The summed E-state index contributed by atoms with van der Waals surface area (Å²) in [6, 6.07) is 10.1. The van der Waals surface area contributed by atoms with Gasteiger partial charge in [-0.05, 0) is 52.9 Å². The molecule has 0 bridgehead atoms. The van der Waals surface area contributed by atoms with Crippen molar-refractivity contribution in [1.82, 2.24) is 4.90 Å². The highest BCUT2D eigenvalue weighted by molar-refractivity contribution is 7.07. The Balaban J connectivity index is 1.57. The maximum absolute atomic E-state index is 12.4. The molecule has 1 amide bonds. The third-order valence-corrected chi connectivity index (χ3v) is 5.31. The third-order valence-electron chi connectivity index (χ3n) is 4.58. The van der Waals surface area contributed by atoms with Crippen LogP contribution >= 0.6 is 11.3 Å². The molecule has 1 aromatic heterocycles. The Morgan fingerprint density at radius 2 is 2.26 bits per heavy atom. The summed E-state index contributed by atoms with van der Waals surface area (Å²) >= 11 is 1.70. The fourth-order valence-electron chi connectivity index (χ4n) is 3.18. The number of ether oxygens (including phenoxy) is 3. The van der Waals surface area contributed by atoms with E-state index in [4.69, 9.17) is 14.2 Å². The van der Waals surface area contributed by atoms with Gasteiger partial charge in [-0.25, -0.2) is 0 Å². The highest BCUT2D eigenvalue weighted by Crippen LogP contribution is 2.19. The predicted octanol–water partition coefficient (Wildman–Crippen LogP) is 3.52. The fourth-order valence-corrected chi connectivity index (χ4v) is 3.88. The highest BCUT2D eigenvalue weighted by atomic mass is 32.1. The Labute approximate surface area is 164 Å². The number of carbonyl (C=O) groups is 1. The molecule has 6 heteroatoms. The van der Waals surface area contributed by atoms with E-state index < -0.39 is 0 Å². The van der Waals surface area contributed by atoms with Crippen molar-refractivity contribution in [2.75, 3.05) is 33.5 Å². The molecular weight excluding hydrogens is 362 g/mol. The first kappa shape index (κ1) is 19.9. The van der Waals surface area contributed by atoms with E-state index in [0.29, 0.717) is 19.7 Å². The molecule has 0 spiro atoms. The van der Waals surface area contributed by atoms with E-state index in [-0.39, 0.29) is 18.6 Å². The van der Waals surface area contributed by atoms with Crippen LogP contribution in [0.5, 0.6) is 5.75 Å². The molecule has 3 rings (SSSR count). The molecule has 1 fully saturated rings. The Hall–Kier alpha value is -1.89. The van der Waals surface area contributed by atoms with Crippen LogP contribution in [0.1, 0.15) is 24.0 Å². The molecule has 1 atom stereocenters. The van der Waals surface area contributed by atoms with Crippen molar-refractivity contribution in [3.05, 3.63) is 52.2 Å². The number of carbonyl (C=O) groups excluding carboxylic acids is 1. The lowest BCUT2D eigenvalue weighted by molar-refractivity contribution is -0.137. The van der Waals surface area contributed by atoms with Crippen LogP contribution in [0.25, 0.3) is 0 Å². The molecular formula is C21H27NO4S. The fraction of sp³-hybridized carbons (Fsp3) is 0.476. The lowest BCUT2D eigenvalue weighted by Crippen LogP contribution is -2.38. The molecule has 0 N–H and O–H groups in total. The monoisotopic (exact) mass is 389 g/mol. The topological polar surface area (TPSA) is 48.0 Å². The van der Waals surface area contributed by atoms with Gasteiger partial charge in [0.1, 0.15) is 12.4 Å². The number of hydrogen-bond donors (Lipinski definition) is 0. The number of methoxy groups -OCH3 is 1. The van der Waals surface area contributed by atoms with Gasteiger partial charge in [0.05, 0.1) is 12.7 Å². The summed E-state index contributed by atoms with van der Waals surface area (Å²) < 4.78 is 16.6. The lowest BCUT2D eigenvalue weighted by Gasteiger charge is -2.25. The summed E-state index contributed by atoms with van der Waals surface area (Å²) in [6.07, 6.45) is 3.08. The number of thiophene rings is 1. The van der Waals surface area contributed by atoms with Crippen molar-refractivity contribution in [2.24, 2.45) is 0 Å². The zero-order valence-electron chi connectivity index (χ0n) is 15.8. The quantitative estimate of drug-likeness (QED) is 0.624. The molecule has 1 aliphatic rings. The molecule has 0 aliphatic carbocycles. The Morgan fingerprint density at radius 3 is 3.00 bits per heavy atom. The van der Waals surface area contributed by atoms with Gasteiger partial charge in [-0.2, -0.15) is 11.3 Å². The maximum atomic E-state index is 12.4.